The van der Waals surface area contributed by atoms with Crippen LogP contribution in [0.1, 0.15) is 52.0 Å². The number of anilines is 2. The number of aromatic hydroxyl groups is 1. The van der Waals surface area contributed by atoms with E-state index >= 15 is 0 Å². The van der Waals surface area contributed by atoms with Gasteiger partial charge >= 0.3 is 11.9 Å². The predicted octanol–water partition coefficient (Wildman–Crippen LogP) is 4.05. The average molecular weight is 547 g/mol. The Morgan fingerprint density at radius 1 is 1.13 bits per heavy atom. The number of aromatic nitrogens is 2. The molecule has 3 aromatic rings. The highest BCUT2D eigenvalue weighted by Gasteiger charge is 2.37. The SMILES string of the molecule is Cc1cccc(-n2c(N)c(C(=O)Nc3c(C)c(O)c(C)c4c3OC(C)(C)C4)c(=O)n(CC(F)(F)F)c2=O)c1C. The van der Waals surface area contributed by atoms with Gasteiger partial charge in [-0.25, -0.2) is 13.9 Å². The highest BCUT2D eigenvalue weighted by atomic mass is 19.4. The fraction of sp³-hybridized carbons (Fsp3) is 0.370. The number of aryl methyl sites for hydroxylation is 1. The lowest BCUT2D eigenvalue weighted by Gasteiger charge is -2.21. The van der Waals surface area contributed by atoms with Gasteiger partial charge in [-0.15, -0.1) is 0 Å². The van der Waals surface area contributed by atoms with Crippen molar-refractivity contribution in [2.45, 2.75) is 66.3 Å². The van der Waals surface area contributed by atoms with E-state index in [1.165, 1.54) is 13.0 Å². The molecule has 0 atom stereocenters. The molecule has 1 amide bonds. The van der Waals surface area contributed by atoms with E-state index in [1.54, 1.807) is 32.9 Å². The van der Waals surface area contributed by atoms with Gasteiger partial charge in [-0.2, -0.15) is 13.2 Å². The maximum atomic E-state index is 13.6. The molecular formula is C27H29F3N4O5. The van der Waals surface area contributed by atoms with Crippen LogP contribution in [0.4, 0.5) is 24.7 Å². The van der Waals surface area contributed by atoms with Crippen molar-refractivity contribution in [1.29, 1.82) is 0 Å². The molecule has 2 heterocycles. The molecule has 0 saturated heterocycles. The van der Waals surface area contributed by atoms with Gasteiger partial charge in [0.05, 0.1) is 11.4 Å². The number of rotatable bonds is 4. The molecule has 12 heteroatoms. The van der Waals surface area contributed by atoms with Gasteiger partial charge in [0.1, 0.15) is 35.0 Å². The summed E-state index contributed by atoms with van der Waals surface area (Å²) in [6, 6.07) is 4.76. The number of halogens is 3. The molecule has 4 rings (SSSR count). The quantitative estimate of drug-likeness (QED) is 0.453. The van der Waals surface area contributed by atoms with Crippen LogP contribution >= 0.6 is 0 Å². The van der Waals surface area contributed by atoms with Crippen LogP contribution in [0.15, 0.2) is 27.8 Å². The molecule has 1 aromatic heterocycles. The van der Waals surface area contributed by atoms with Crippen LogP contribution in [0.25, 0.3) is 5.69 Å². The fourth-order valence-electron chi connectivity index (χ4n) is 4.83. The number of phenols is 1. The number of carbonyl (C=O) groups is 1. The number of fused-ring (bicyclic) bond motifs is 1. The van der Waals surface area contributed by atoms with Crippen molar-refractivity contribution in [2.75, 3.05) is 11.1 Å². The second kappa shape index (κ2) is 9.21. The first kappa shape index (κ1) is 27.8. The van der Waals surface area contributed by atoms with Crippen LogP contribution < -0.4 is 27.0 Å². The van der Waals surface area contributed by atoms with Crippen LogP contribution in [-0.2, 0) is 13.0 Å². The standard InChI is InChI=1S/C27H29F3N4O5/c1-12-8-7-9-17(13(12)2)34-22(31)18(24(37)33(25(34)38)11-27(28,29)30)23(36)32-19-15(4)20(35)14(3)16-10-26(5,6)39-21(16)19/h7-9,35H,10-11,31H2,1-6H3,(H,32,36). The smallest absolute Gasteiger partial charge is 0.406 e. The molecule has 2 aromatic carbocycles. The minimum absolute atomic E-state index is 0.0503. The molecule has 0 radical (unpaired) electrons. The largest absolute Gasteiger partial charge is 0.507 e. The molecule has 0 saturated carbocycles. The second-order valence-electron chi connectivity index (χ2n) is 10.4. The molecule has 1 aliphatic rings. The van der Waals surface area contributed by atoms with Crippen molar-refractivity contribution < 1.29 is 27.8 Å². The Morgan fingerprint density at radius 2 is 1.77 bits per heavy atom. The number of benzene rings is 2. The van der Waals surface area contributed by atoms with Gasteiger partial charge in [0.15, 0.2) is 0 Å². The topological polar surface area (TPSA) is 129 Å². The van der Waals surface area contributed by atoms with Crippen LogP contribution in [0.5, 0.6) is 11.5 Å². The van der Waals surface area contributed by atoms with E-state index in [1.807, 2.05) is 13.8 Å². The second-order valence-corrected chi connectivity index (χ2v) is 10.4. The van der Waals surface area contributed by atoms with Crippen LogP contribution in [-0.4, -0.2) is 31.9 Å². The normalized spacial score (nSPS) is 14.2. The number of amides is 1. The molecule has 0 unspecified atom stereocenters. The molecule has 4 N–H and O–H groups in total. The molecule has 0 aliphatic carbocycles. The first-order valence-electron chi connectivity index (χ1n) is 12.1. The average Bonchev–Trinajstić information content (AvgIpc) is 3.15. The summed E-state index contributed by atoms with van der Waals surface area (Å²) in [5.41, 5.74) is 4.66. The Bertz CT molecular complexity index is 1650. The number of alkyl halides is 3. The third-order valence-corrected chi connectivity index (χ3v) is 7.02. The minimum atomic E-state index is -4.94. The number of phenolic OH excluding ortho intramolecular Hbond substituents is 1. The maximum Gasteiger partial charge on any atom is 0.406 e. The minimum Gasteiger partial charge on any atom is -0.507 e. The van der Waals surface area contributed by atoms with E-state index in [0.29, 0.717) is 28.7 Å². The lowest BCUT2D eigenvalue weighted by atomic mass is 9.95. The van der Waals surface area contributed by atoms with Crippen LogP contribution in [0, 0.1) is 27.7 Å². The number of carbonyl (C=O) groups excluding carboxylic acids is 1. The van der Waals surface area contributed by atoms with Crippen molar-refractivity contribution in [3.8, 4) is 17.2 Å². The Morgan fingerprint density at radius 3 is 2.38 bits per heavy atom. The third-order valence-electron chi connectivity index (χ3n) is 7.02. The van der Waals surface area contributed by atoms with Crippen molar-refractivity contribution in [3.63, 3.8) is 0 Å². The number of ether oxygens (including phenoxy) is 1. The van der Waals surface area contributed by atoms with Crippen molar-refractivity contribution in [2.24, 2.45) is 0 Å². The molecule has 1 aliphatic heterocycles. The third kappa shape index (κ3) is 4.75. The van der Waals surface area contributed by atoms with Crippen molar-refractivity contribution in [3.05, 3.63) is 72.4 Å². The highest BCUT2D eigenvalue weighted by molar-refractivity contribution is 6.08. The zero-order chi connectivity index (χ0) is 29.2. The summed E-state index contributed by atoms with van der Waals surface area (Å²) in [5.74, 6) is -1.61. The zero-order valence-electron chi connectivity index (χ0n) is 22.3. The molecular weight excluding hydrogens is 517 g/mol. The number of hydrogen-bond donors (Lipinski definition) is 3. The number of nitrogen functional groups attached to an aromatic ring is 1. The zero-order valence-corrected chi connectivity index (χ0v) is 22.3. The first-order valence-corrected chi connectivity index (χ1v) is 12.1. The number of nitrogens with one attached hydrogen (secondary N) is 1. The van der Waals surface area contributed by atoms with Crippen LogP contribution in [0.2, 0.25) is 0 Å². The monoisotopic (exact) mass is 546 g/mol. The van der Waals surface area contributed by atoms with Gasteiger partial charge in [0.25, 0.3) is 11.5 Å². The fourth-order valence-corrected chi connectivity index (χ4v) is 4.83. The summed E-state index contributed by atoms with van der Waals surface area (Å²) in [4.78, 5) is 40.0. The van der Waals surface area contributed by atoms with Gasteiger partial charge in [-0.05, 0) is 64.3 Å². The van der Waals surface area contributed by atoms with Gasteiger partial charge < -0.3 is 20.9 Å². The number of hydrogen-bond acceptors (Lipinski definition) is 6. The molecule has 9 nitrogen and oxygen atoms in total. The summed E-state index contributed by atoms with van der Waals surface area (Å²) in [5, 5.41) is 13.2. The molecule has 0 bridgehead atoms. The molecule has 0 fully saturated rings. The Hall–Kier alpha value is -4.22. The van der Waals surface area contributed by atoms with Gasteiger partial charge in [0.2, 0.25) is 0 Å². The Balaban J connectivity index is 1.97. The lowest BCUT2D eigenvalue weighted by Crippen LogP contribution is -2.46. The molecule has 208 valence electrons. The summed E-state index contributed by atoms with van der Waals surface area (Å²) >= 11 is 0. The molecule has 39 heavy (non-hydrogen) atoms. The summed E-state index contributed by atoms with van der Waals surface area (Å²) in [7, 11) is 0. The molecule has 0 spiro atoms. The van der Waals surface area contributed by atoms with Gasteiger partial charge in [-0.3, -0.25) is 9.59 Å². The van der Waals surface area contributed by atoms with E-state index < -0.39 is 46.9 Å². The Kier molecular flexibility index (Phi) is 6.57. The van der Waals surface area contributed by atoms with E-state index in [2.05, 4.69) is 5.32 Å². The van der Waals surface area contributed by atoms with Gasteiger partial charge in [-0.1, -0.05) is 12.1 Å². The first-order chi connectivity index (χ1) is 17.9. The maximum absolute atomic E-state index is 13.6. The summed E-state index contributed by atoms with van der Waals surface area (Å²) < 4.78 is 47.0. The van der Waals surface area contributed by atoms with E-state index in [4.69, 9.17) is 10.5 Å². The van der Waals surface area contributed by atoms with Crippen molar-refractivity contribution in [1.82, 2.24) is 9.13 Å². The number of nitrogens with two attached hydrogens (primary N) is 1. The Labute approximate surface area is 221 Å². The summed E-state index contributed by atoms with van der Waals surface area (Å²) in [6.07, 6.45) is -4.52. The highest BCUT2D eigenvalue weighted by Crippen LogP contribution is 2.48. The van der Waals surface area contributed by atoms with E-state index in [9.17, 15) is 32.7 Å². The van der Waals surface area contributed by atoms with E-state index in [-0.39, 0.29) is 33.0 Å². The predicted molar refractivity (Wildman–Crippen MR) is 140 cm³/mol. The van der Waals surface area contributed by atoms with Crippen LogP contribution in [0.3, 0.4) is 0 Å². The van der Waals surface area contributed by atoms with Gasteiger partial charge in [0, 0.05) is 17.5 Å². The van der Waals surface area contributed by atoms with Crippen molar-refractivity contribution >= 4 is 17.4 Å². The van der Waals surface area contributed by atoms with E-state index in [0.717, 1.165) is 4.57 Å². The number of nitrogens with zero attached hydrogens (tertiary/aromatic N) is 2. The summed E-state index contributed by atoms with van der Waals surface area (Å²) in [6.45, 7) is 8.30. The lowest BCUT2D eigenvalue weighted by molar-refractivity contribution is -0.142.